The van der Waals surface area contributed by atoms with Gasteiger partial charge in [-0.2, -0.15) is 0 Å². The highest BCUT2D eigenvalue weighted by Crippen LogP contribution is 2.42. The van der Waals surface area contributed by atoms with E-state index in [-0.39, 0.29) is 18.0 Å². The Balaban J connectivity index is 1.99. The van der Waals surface area contributed by atoms with E-state index in [1.54, 1.807) is 6.92 Å². The number of nitrogens with one attached hydrogen (secondary N) is 1. The summed E-state index contributed by atoms with van der Waals surface area (Å²) in [5.74, 6) is -0.486. The topological polar surface area (TPSA) is 64.6 Å². The van der Waals surface area contributed by atoms with Gasteiger partial charge in [0.05, 0.1) is 11.7 Å². The van der Waals surface area contributed by atoms with Crippen LogP contribution in [0.1, 0.15) is 65.7 Å². The number of hydrogen-bond donors (Lipinski definition) is 1. The fraction of sp³-hybridized carbons (Fsp3) is 0.778. The molecule has 130 valence electrons. The fourth-order valence-electron chi connectivity index (χ4n) is 3.46. The van der Waals surface area contributed by atoms with Crippen LogP contribution in [0.2, 0.25) is 0 Å². The van der Waals surface area contributed by atoms with E-state index in [1.165, 1.54) is 0 Å². The van der Waals surface area contributed by atoms with E-state index < -0.39 is 5.60 Å². The summed E-state index contributed by atoms with van der Waals surface area (Å²) < 4.78 is 11.1. The second-order valence-corrected chi connectivity index (χ2v) is 6.83. The van der Waals surface area contributed by atoms with Crippen molar-refractivity contribution in [3.05, 3.63) is 11.1 Å². The number of esters is 1. The van der Waals surface area contributed by atoms with E-state index in [2.05, 4.69) is 5.32 Å². The number of amides is 1. The molecule has 1 aliphatic carbocycles. The third-order valence-electron chi connectivity index (χ3n) is 4.62. The molecular weight excluding hydrogens is 294 g/mol. The maximum atomic E-state index is 12.6. The Morgan fingerprint density at radius 1 is 1.26 bits per heavy atom. The van der Waals surface area contributed by atoms with Crippen LogP contribution >= 0.6 is 0 Å². The highest BCUT2D eigenvalue weighted by Gasteiger charge is 2.48. The molecule has 5 nitrogen and oxygen atoms in total. The van der Waals surface area contributed by atoms with Gasteiger partial charge in [0.25, 0.3) is 5.91 Å². The lowest BCUT2D eigenvalue weighted by atomic mass is 9.84. The van der Waals surface area contributed by atoms with Crippen molar-refractivity contribution in [2.24, 2.45) is 0 Å². The van der Waals surface area contributed by atoms with E-state index in [0.717, 1.165) is 44.9 Å². The van der Waals surface area contributed by atoms with Gasteiger partial charge in [0.2, 0.25) is 0 Å². The van der Waals surface area contributed by atoms with Gasteiger partial charge in [-0.1, -0.05) is 12.8 Å². The smallest absolute Gasteiger partial charge is 0.335 e. The van der Waals surface area contributed by atoms with Crippen molar-refractivity contribution in [1.29, 1.82) is 0 Å². The standard InChI is InChI=1S/C18H29NO4/c1-13(2)22-12-8-11-19-16(20)15-14(3)17(21)23-18(15)9-6-4-5-7-10-18/h13H,4-12H2,1-3H3,(H,19,20). The second-order valence-electron chi connectivity index (χ2n) is 6.83. The maximum Gasteiger partial charge on any atom is 0.335 e. The quantitative estimate of drug-likeness (QED) is 0.603. The average Bonchev–Trinajstić information content (AvgIpc) is 2.65. The molecule has 1 fully saturated rings. The largest absolute Gasteiger partial charge is 0.451 e. The minimum absolute atomic E-state index is 0.153. The van der Waals surface area contributed by atoms with Crippen LogP contribution in [-0.2, 0) is 19.1 Å². The first kappa shape index (κ1) is 18.0. The van der Waals surface area contributed by atoms with Gasteiger partial charge in [-0.3, -0.25) is 4.79 Å². The summed E-state index contributed by atoms with van der Waals surface area (Å²) >= 11 is 0. The molecule has 5 heteroatoms. The maximum absolute atomic E-state index is 12.6. The number of hydrogen-bond acceptors (Lipinski definition) is 4. The van der Waals surface area contributed by atoms with Crippen LogP contribution < -0.4 is 5.32 Å². The number of ether oxygens (including phenoxy) is 2. The number of rotatable bonds is 6. The first-order chi connectivity index (χ1) is 11.0. The van der Waals surface area contributed by atoms with Crippen molar-refractivity contribution in [1.82, 2.24) is 5.32 Å². The second kappa shape index (κ2) is 7.95. The first-order valence-corrected chi connectivity index (χ1v) is 8.81. The van der Waals surface area contributed by atoms with Gasteiger partial charge in [0, 0.05) is 18.7 Å². The molecule has 0 radical (unpaired) electrons. The SMILES string of the molecule is CC1=C(C(=O)NCCCOC(C)C)C2(CCCCCC2)OC1=O. The Hall–Kier alpha value is -1.36. The Morgan fingerprint density at radius 3 is 2.52 bits per heavy atom. The van der Waals surface area contributed by atoms with Gasteiger partial charge in [-0.15, -0.1) is 0 Å². The molecule has 0 saturated heterocycles. The third-order valence-corrected chi connectivity index (χ3v) is 4.62. The molecule has 0 aromatic carbocycles. The summed E-state index contributed by atoms with van der Waals surface area (Å²) in [5.41, 5.74) is 0.355. The monoisotopic (exact) mass is 323 g/mol. The molecule has 1 aliphatic heterocycles. The van der Waals surface area contributed by atoms with Gasteiger partial charge < -0.3 is 14.8 Å². The Labute approximate surface area is 138 Å². The normalized spacial score (nSPS) is 20.8. The first-order valence-electron chi connectivity index (χ1n) is 8.81. The summed E-state index contributed by atoms with van der Waals surface area (Å²) in [6.07, 6.45) is 6.76. The molecule has 1 heterocycles. The lowest BCUT2D eigenvalue weighted by molar-refractivity contribution is -0.148. The molecule has 1 saturated carbocycles. The van der Waals surface area contributed by atoms with E-state index >= 15 is 0 Å². The van der Waals surface area contributed by atoms with E-state index in [0.29, 0.717) is 24.3 Å². The molecule has 1 amide bonds. The molecule has 0 unspecified atom stereocenters. The number of carbonyl (C=O) groups excluding carboxylic acids is 2. The highest BCUT2D eigenvalue weighted by molar-refractivity contribution is 6.07. The summed E-state index contributed by atoms with van der Waals surface area (Å²) in [4.78, 5) is 24.7. The predicted molar refractivity (Wildman–Crippen MR) is 87.9 cm³/mol. The van der Waals surface area contributed by atoms with Crippen molar-refractivity contribution in [2.75, 3.05) is 13.2 Å². The zero-order valence-electron chi connectivity index (χ0n) is 14.6. The Morgan fingerprint density at radius 2 is 1.91 bits per heavy atom. The number of carbonyl (C=O) groups is 2. The van der Waals surface area contributed by atoms with Gasteiger partial charge in [0.15, 0.2) is 0 Å². The molecular formula is C18H29NO4. The lowest BCUT2D eigenvalue weighted by Crippen LogP contribution is -2.39. The lowest BCUT2D eigenvalue weighted by Gasteiger charge is -2.29. The summed E-state index contributed by atoms with van der Waals surface area (Å²) in [5, 5.41) is 2.93. The van der Waals surface area contributed by atoms with Crippen LogP contribution in [0.15, 0.2) is 11.1 Å². The van der Waals surface area contributed by atoms with Crippen molar-refractivity contribution in [3.63, 3.8) is 0 Å². The van der Waals surface area contributed by atoms with Crippen LogP contribution in [0.3, 0.4) is 0 Å². The average molecular weight is 323 g/mol. The minimum Gasteiger partial charge on any atom is -0.451 e. The van der Waals surface area contributed by atoms with Crippen LogP contribution in [0, 0.1) is 0 Å². The minimum atomic E-state index is -0.684. The Bertz CT molecular complexity index is 473. The van der Waals surface area contributed by atoms with Crippen LogP contribution in [-0.4, -0.2) is 36.7 Å². The van der Waals surface area contributed by atoms with E-state index in [4.69, 9.17) is 9.47 Å². The molecule has 1 spiro atoms. The predicted octanol–water partition coefficient (Wildman–Crippen LogP) is 2.88. The molecule has 23 heavy (non-hydrogen) atoms. The summed E-state index contributed by atoms with van der Waals surface area (Å²) in [6, 6.07) is 0. The molecule has 1 N–H and O–H groups in total. The fourth-order valence-corrected chi connectivity index (χ4v) is 3.46. The van der Waals surface area contributed by atoms with Crippen molar-refractivity contribution >= 4 is 11.9 Å². The van der Waals surface area contributed by atoms with E-state index in [9.17, 15) is 9.59 Å². The van der Waals surface area contributed by atoms with Crippen LogP contribution in [0.4, 0.5) is 0 Å². The zero-order valence-corrected chi connectivity index (χ0v) is 14.6. The molecule has 0 aromatic rings. The molecule has 0 bridgehead atoms. The van der Waals surface area contributed by atoms with Gasteiger partial charge in [-0.05, 0) is 52.9 Å². The zero-order chi connectivity index (χ0) is 16.9. The van der Waals surface area contributed by atoms with Gasteiger partial charge in [0.1, 0.15) is 5.60 Å². The Kier molecular flexibility index (Phi) is 6.22. The molecule has 0 atom stereocenters. The van der Waals surface area contributed by atoms with Crippen LogP contribution in [0.25, 0.3) is 0 Å². The molecule has 0 aromatic heterocycles. The van der Waals surface area contributed by atoms with E-state index in [1.807, 2.05) is 13.8 Å². The van der Waals surface area contributed by atoms with Crippen molar-refractivity contribution in [2.45, 2.75) is 77.4 Å². The van der Waals surface area contributed by atoms with Crippen molar-refractivity contribution < 1.29 is 19.1 Å². The van der Waals surface area contributed by atoms with Crippen molar-refractivity contribution in [3.8, 4) is 0 Å². The molecule has 2 aliphatic rings. The van der Waals surface area contributed by atoms with Crippen LogP contribution in [0.5, 0.6) is 0 Å². The highest BCUT2D eigenvalue weighted by atomic mass is 16.6. The van der Waals surface area contributed by atoms with Gasteiger partial charge >= 0.3 is 5.97 Å². The summed E-state index contributed by atoms with van der Waals surface area (Å²) in [7, 11) is 0. The summed E-state index contributed by atoms with van der Waals surface area (Å²) in [6.45, 7) is 6.86. The third kappa shape index (κ3) is 4.34. The van der Waals surface area contributed by atoms with Gasteiger partial charge in [-0.25, -0.2) is 4.79 Å². The molecule has 2 rings (SSSR count).